The van der Waals surface area contributed by atoms with Gasteiger partial charge >= 0.3 is 0 Å². The van der Waals surface area contributed by atoms with Crippen LogP contribution in [0.1, 0.15) is 21.5 Å². The Morgan fingerprint density at radius 2 is 1.88 bits per heavy atom. The molecular weight excluding hydrogens is 304 g/mol. The van der Waals surface area contributed by atoms with E-state index in [4.69, 9.17) is 4.74 Å². The maximum absolute atomic E-state index is 12.4. The Morgan fingerprint density at radius 3 is 2.58 bits per heavy atom. The number of carbonyl (C=O) groups is 2. The molecule has 0 spiro atoms. The number of aromatic nitrogens is 1. The molecule has 0 saturated carbocycles. The highest BCUT2D eigenvalue weighted by Gasteiger charge is 2.20. The van der Waals surface area contributed by atoms with Gasteiger partial charge in [-0.2, -0.15) is 0 Å². The highest BCUT2D eigenvalue weighted by Crippen LogP contribution is 2.24. The van der Waals surface area contributed by atoms with E-state index in [0.717, 1.165) is 16.6 Å². The first kappa shape index (κ1) is 15.8. The van der Waals surface area contributed by atoms with Crippen LogP contribution in [0.5, 0.6) is 5.75 Å². The second-order valence-corrected chi connectivity index (χ2v) is 5.61. The molecule has 0 bridgehead atoms. The second kappa shape index (κ2) is 6.58. The Labute approximate surface area is 139 Å². The molecule has 0 atom stereocenters. The van der Waals surface area contributed by atoms with Crippen LogP contribution in [-0.2, 0) is 11.3 Å². The van der Waals surface area contributed by atoms with Crippen LogP contribution in [0.4, 0.5) is 0 Å². The van der Waals surface area contributed by atoms with Crippen molar-refractivity contribution >= 4 is 22.6 Å². The van der Waals surface area contributed by atoms with Crippen molar-refractivity contribution in [2.75, 3.05) is 7.11 Å². The number of rotatable bonds is 5. The van der Waals surface area contributed by atoms with Crippen LogP contribution in [-0.4, -0.2) is 23.8 Å². The molecule has 0 unspecified atom stereocenters. The molecule has 24 heavy (non-hydrogen) atoms. The summed E-state index contributed by atoms with van der Waals surface area (Å²) >= 11 is 0. The molecular formula is C19H18N2O3. The third-order valence-corrected chi connectivity index (χ3v) is 3.91. The van der Waals surface area contributed by atoms with Gasteiger partial charge in [-0.15, -0.1) is 0 Å². The van der Waals surface area contributed by atoms with Gasteiger partial charge in [-0.05, 0) is 30.7 Å². The minimum atomic E-state index is -0.626. The predicted molar refractivity (Wildman–Crippen MR) is 92.2 cm³/mol. The number of ether oxygens (including phenoxy) is 1. The zero-order valence-electron chi connectivity index (χ0n) is 13.6. The molecule has 1 aromatic heterocycles. The van der Waals surface area contributed by atoms with E-state index in [1.807, 2.05) is 37.3 Å². The number of hydrogen-bond acceptors (Lipinski definition) is 3. The Hall–Kier alpha value is -3.08. The van der Waals surface area contributed by atoms with Gasteiger partial charge < -0.3 is 15.0 Å². The lowest BCUT2D eigenvalue weighted by molar-refractivity contribution is -0.117. The second-order valence-electron chi connectivity index (χ2n) is 5.61. The van der Waals surface area contributed by atoms with Crippen molar-refractivity contribution < 1.29 is 14.3 Å². The number of ketones is 1. The summed E-state index contributed by atoms with van der Waals surface area (Å²) in [6.07, 6.45) is 1.55. The van der Waals surface area contributed by atoms with Gasteiger partial charge in [0.25, 0.3) is 11.7 Å². The number of nitrogens with one attached hydrogen (secondary N) is 2. The van der Waals surface area contributed by atoms with Crippen molar-refractivity contribution in [3.8, 4) is 5.75 Å². The van der Waals surface area contributed by atoms with Crippen molar-refractivity contribution in [2.45, 2.75) is 13.5 Å². The fourth-order valence-corrected chi connectivity index (χ4v) is 2.51. The third kappa shape index (κ3) is 3.15. The molecule has 0 saturated heterocycles. The van der Waals surface area contributed by atoms with Crippen LogP contribution in [0, 0.1) is 6.92 Å². The van der Waals surface area contributed by atoms with Crippen LogP contribution >= 0.6 is 0 Å². The first-order chi connectivity index (χ1) is 11.6. The summed E-state index contributed by atoms with van der Waals surface area (Å²) in [4.78, 5) is 27.6. The molecule has 5 heteroatoms. The summed E-state index contributed by atoms with van der Waals surface area (Å²) in [5, 5.41) is 3.34. The number of H-pyrrole nitrogens is 1. The van der Waals surface area contributed by atoms with E-state index in [1.54, 1.807) is 25.4 Å². The summed E-state index contributed by atoms with van der Waals surface area (Å²) in [7, 11) is 1.56. The third-order valence-electron chi connectivity index (χ3n) is 3.91. The Balaban J connectivity index is 1.75. The SMILES string of the molecule is COc1ccc2[nH]cc(C(=O)C(=O)NCc3ccc(C)cc3)c2c1. The lowest BCUT2D eigenvalue weighted by atomic mass is 10.1. The first-order valence-corrected chi connectivity index (χ1v) is 7.61. The van der Waals surface area contributed by atoms with E-state index in [-0.39, 0.29) is 0 Å². The Bertz CT molecular complexity index is 895. The zero-order chi connectivity index (χ0) is 17.1. The number of benzene rings is 2. The van der Waals surface area contributed by atoms with Crippen molar-refractivity contribution in [1.82, 2.24) is 10.3 Å². The van der Waals surface area contributed by atoms with Crippen LogP contribution in [0.15, 0.2) is 48.7 Å². The van der Waals surface area contributed by atoms with Crippen LogP contribution < -0.4 is 10.1 Å². The monoisotopic (exact) mass is 322 g/mol. The summed E-state index contributed by atoms with van der Waals surface area (Å²) in [5.74, 6) is -0.558. The molecule has 0 aliphatic carbocycles. The highest BCUT2D eigenvalue weighted by molar-refractivity contribution is 6.44. The number of fused-ring (bicyclic) bond motifs is 1. The van der Waals surface area contributed by atoms with Gasteiger partial charge in [0.1, 0.15) is 5.75 Å². The van der Waals surface area contributed by atoms with Gasteiger partial charge in [0.2, 0.25) is 0 Å². The average Bonchev–Trinajstić information content (AvgIpc) is 3.03. The lowest BCUT2D eigenvalue weighted by Gasteiger charge is -2.05. The minimum Gasteiger partial charge on any atom is -0.497 e. The van der Waals surface area contributed by atoms with E-state index < -0.39 is 11.7 Å². The minimum absolute atomic E-state index is 0.316. The Kier molecular flexibility index (Phi) is 4.33. The van der Waals surface area contributed by atoms with Gasteiger partial charge in [-0.1, -0.05) is 29.8 Å². The Morgan fingerprint density at radius 1 is 1.12 bits per heavy atom. The topological polar surface area (TPSA) is 71.2 Å². The van der Waals surface area contributed by atoms with E-state index in [0.29, 0.717) is 23.2 Å². The fourth-order valence-electron chi connectivity index (χ4n) is 2.51. The number of amides is 1. The van der Waals surface area contributed by atoms with Gasteiger partial charge in [-0.3, -0.25) is 9.59 Å². The number of methoxy groups -OCH3 is 1. The highest BCUT2D eigenvalue weighted by atomic mass is 16.5. The largest absolute Gasteiger partial charge is 0.497 e. The number of hydrogen-bond donors (Lipinski definition) is 2. The zero-order valence-corrected chi connectivity index (χ0v) is 13.6. The molecule has 122 valence electrons. The number of aromatic amines is 1. The van der Waals surface area contributed by atoms with Crippen LogP contribution in [0.3, 0.4) is 0 Å². The van der Waals surface area contributed by atoms with E-state index >= 15 is 0 Å². The summed E-state index contributed by atoms with van der Waals surface area (Å²) in [5.41, 5.74) is 3.21. The number of carbonyl (C=O) groups excluding carboxylic acids is 2. The summed E-state index contributed by atoms with van der Waals surface area (Å²) in [6.45, 7) is 2.31. The van der Waals surface area contributed by atoms with Crippen molar-refractivity contribution in [3.05, 3.63) is 65.4 Å². The molecule has 2 N–H and O–H groups in total. The van der Waals surface area contributed by atoms with E-state index in [2.05, 4.69) is 10.3 Å². The van der Waals surface area contributed by atoms with Crippen molar-refractivity contribution in [1.29, 1.82) is 0 Å². The molecule has 0 fully saturated rings. The normalized spacial score (nSPS) is 10.6. The molecule has 2 aromatic carbocycles. The number of aryl methyl sites for hydroxylation is 1. The quantitative estimate of drug-likeness (QED) is 0.560. The average molecular weight is 322 g/mol. The molecule has 0 radical (unpaired) electrons. The van der Waals surface area contributed by atoms with Crippen molar-refractivity contribution in [2.24, 2.45) is 0 Å². The molecule has 0 aliphatic heterocycles. The maximum Gasteiger partial charge on any atom is 0.292 e. The van der Waals surface area contributed by atoms with Crippen LogP contribution in [0.25, 0.3) is 10.9 Å². The molecule has 3 aromatic rings. The fraction of sp³-hybridized carbons (Fsp3) is 0.158. The molecule has 5 nitrogen and oxygen atoms in total. The van der Waals surface area contributed by atoms with Crippen LogP contribution in [0.2, 0.25) is 0 Å². The molecule has 0 aliphatic rings. The van der Waals surface area contributed by atoms with E-state index in [9.17, 15) is 9.59 Å². The van der Waals surface area contributed by atoms with Gasteiger partial charge in [0, 0.05) is 23.6 Å². The standard InChI is InChI=1S/C19H18N2O3/c1-12-3-5-13(6-4-12)10-21-19(23)18(22)16-11-20-17-8-7-14(24-2)9-15(16)17/h3-9,11,20H,10H2,1-2H3,(H,21,23). The van der Waals surface area contributed by atoms with Gasteiger partial charge in [0.05, 0.1) is 12.7 Å². The molecule has 3 rings (SSSR count). The van der Waals surface area contributed by atoms with Gasteiger partial charge in [-0.25, -0.2) is 0 Å². The smallest absolute Gasteiger partial charge is 0.292 e. The van der Waals surface area contributed by atoms with Gasteiger partial charge in [0.15, 0.2) is 0 Å². The first-order valence-electron chi connectivity index (χ1n) is 7.61. The molecule has 1 amide bonds. The summed E-state index contributed by atoms with van der Waals surface area (Å²) < 4.78 is 5.18. The summed E-state index contributed by atoms with van der Waals surface area (Å²) in [6, 6.07) is 13.1. The molecule has 1 heterocycles. The number of Topliss-reactive ketones (excluding diaryl/α,β-unsaturated/α-hetero) is 1. The van der Waals surface area contributed by atoms with E-state index in [1.165, 1.54) is 0 Å². The maximum atomic E-state index is 12.4. The lowest BCUT2D eigenvalue weighted by Crippen LogP contribution is -2.30. The predicted octanol–water partition coefficient (Wildman–Crippen LogP) is 2.98. The van der Waals surface area contributed by atoms with Crippen molar-refractivity contribution in [3.63, 3.8) is 0 Å².